The van der Waals surface area contributed by atoms with Crippen LogP contribution in [0.25, 0.3) is 0 Å². The van der Waals surface area contributed by atoms with Crippen LogP contribution in [0.4, 0.5) is 5.69 Å². The van der Waals surface area contributed by atoms with Crippen LogP contribution in [0.3, 0.4) is 0 Å². The summed E-state index contributed by atoms with van der Waals surface area (Å²) in [7, 11) is 3.38. The number of fused-ring (bicyclic) bond motifs is 1. The van der Waals surface area contributed by atoms with E-state index in [-0.39, 0.29) is 11.3 Å². The zero-order chi connectivity index (χ0) is 24.7. The van der Waals surface area contributed by atoms with Gasteiger partial charge in [-0.25, -0.2) is 0 Å². The maximum atomic E-state index is 12.6. The third kappa shape index (κ3) is 6.81. The highest BCUT2D eigenvalue weighted by atomic mass is 35.5. The van der Waals surface area contributed by atoms with Crippen LogP contribution < -0.4 is 14.4 Å². The lowest BCUT2D eigenvalue weighted by Gasteiger charge is -2.26. The molecule has 6 nitrogen and oxygen atoms in total. The number of amides is 1. The lowest BCUT2D eigenvalue weighted by molar-refractivity contribution is -0.116. The summed E-state index contributed by atoms with van der Waals surface area (Å²) in [6.45, 7) is 10.2. The smallest absolute Gasteiger partial charge is 0.225 e. The van der Waals surface area contributed by atoms with Gasteiger partial charge in [-0.1, -0.05) is 37.2 Å². The van der Waals surface area contributed by atoms with E-state index in [9.17, 15) is 4.79 Å². The van der Waals surface area contributed by atoms with Crippen LogP contribution >= 0.6 is 23.4 Å². The highest BCUT2D eigenvalue weighted by Gasteiger charge is 2.36. The maximum Gasteiger partial charge on any atom is 0.225 e. The summed E-state index contributed by atoms with van der Waals surface area (Å²) in [5, 5.41) is 0.396. The molecule has 0 aliphatic carbocycles. The van der Waals surface area contributed by atoms with Crippen molar-refractivity contribution in [2.75, 3.05) is 52.0 Å². The third-order valence-electron chi connectivity index (χ3n) is 5.59. The summed E-state index contributed by atoms with van der Waals surface area (Å²) in [6.07, 6.45) is 0.895. The van der Waals surface area contributed by atoms with E-state index in [1.54, 1.807) is 37.8 Å². The molecule has 0 bridgehead atoms. The number of methoxy groups -OCH3 is 2. The molecule has 34 heavy (non-hydrogen) atoms. The number of thioether (sulfide) groups is 1. The molecule has 0 saturated heterocycles. The van der Waals surface area contributed by atoms with Crippen molar-refractivity contribution in [3.8, 4) is 11.5 Å². The van der Waals surface area contributed by atoms with Crippen LogP contribution in [0, 0.1) is 5.92 Å². The largest absolute Gasteiger partial charge is 0.497 e. The highest BCUT2D eigenvalue weighted by molar-refractivity contribution is 8.00. The average molecular weight is 507 g/mol. The number of anilines is 1. The molecule has 2 aromatic carbocycles. The molecule has 1 amide bonds. The normalized spacial score (nSPS) is 15.2. The standard InChI is InChI=1S/C26H35ClN2O4S/c1-18(2)17-28(12-14-31-4)11-6-13-33-24-10-8-21(32-5)16-22(24)26-29(19(3)30)23-9-7-20(27)15-25(23)34-26/h7-10,15-16,18,26H,6,11-14,17H2,1-5H3. The number of hydrogen-bond donors (Lipinski definition) is 0. The zero-order valence-corrected chi connectivity index (χ0v) is 22.2. The molecule has 1 atom stereocenters. The van der Waals surface area contributed by atoms with Gasteiger partial charge < -0.3 is 19.1 Å². The van der Waals surface area contributed by atoms with Crippen molar-refractivity contribution in [3.05, 3.63) is 47.0 Å². The van der Waals surface area contributed by atoms with Gasteiger partial charge in [-0.05, 0) is 48.7 Å². The Bertz CT molecular complexity index is 972. The van der Waals surface area contributed by atoms with Crippen molar-refractivity contribution >= 4 is 35.0 Å². The molecule has 0 spiro atoms. The number of rotatable bonds is 12. The van der Waals surface area contributed by atoms with E-state index < -0.39 is 0 Å². The number of carbonyl (C=O) groups excluding carboxylic acids is 1. The second-order valence-electron chi connectivity index (χ2n) is 8.76. The number of nitrogens with zero attached hydrogens (tertiary/aromatic N) is 2. The predicted octanol–water partition coefficient (Wildman–Crippen LogP) is 5.88. The van der Waals surface area contributed by atoms with E-state index in [1.807, 2.05) is 36.4 Å². The number of hydrogen-bond acceptors (Lipinski definition) is 6. The Morgan fingerprint density at radius 1 is 1.15 bits per heavy atom. The molecule has 3 rings (SSSR count). The quantitative estimate of drug-likeness (QED) is 0.335. The average Bonchev–Trinajstić information content (AvgIpc) is 3.18. The van der Waals surface area contributed by atoms with Crippen molar-refractivity contribution < 1.29 is 19.0 Å². The van der Waals surface area contributed by atoms with Gasteiger partial charge in [-0.15, -0.1) is 0 Å². The van der Waals surface area contributed by atoms with E-state index in [0.717, 1.165) is 60.3 Å². The first-order valence-corrected chi connectivity index (χ1v) is 12.9. The minimum Gasteiger partial charge on any atom is -0.497 e. The first-order valence-electron chi connectivity index (χ1n) is 11.6. The second kappa shape index (κ2) is 12.7. The van der Waals surface area contributed by atoms with E-state index in [1.165, 1.54) is 0 Å². The molecule has 1 heterocycles. The molecule has 0 fully saturated rings. The Morgan fingerprint density at radius 2 is 1.94 bits per heavy atom. The molecule has 0 radical (unpaired) electrons. The number of ether oxygens (including phenoxy) is 3. The van der Waals surface area contributed by atoms with Crippen LogP contribution in [0.5, 0.6) is 11.5 Å². The molecular weight excluding hydrogens is 472 g/mol. The Kier molecular flexibility index (Phi) is 9.95. The molecule has 1 unspecified atom stereocenters. The van der Waals surface area contributed by atoms with Crippen molar-refractivity contribution in [2.24, 2.45) is 5.92 Å². The second-order valence-corrected chi connectivity index (χ2v) is 10.3. The molecule has 1 aliphatic rings. The topological polar surface area (TPSA) is 51.2 Å². The molecular formula is C26H35ClN2O4S. The SMILES string of the molecule is COCCN(CCCOc1ccc(OC)cc1C1Sc2cc(Cl)ccc2N1C(C)=O)CC(C)C. The monoisotopic (exact) mass is 506 g/mol. The lowest BCUT2D eigenvalue weighted by atomic mass is 10.1. The van der Waals surface area contributed by atoms with Gasteiger partial charge in [0.1, 0.15) is 16.9 Å². The van der Waals surface area contributed by atoms with Gasteiger partial charge in [-0.3, -0.25) is 9.69 Å². The summed E-state index contributed by atoms with van der Waals surface area (Å²) in [5.41, 5.74) is 1.77. The summed E-state index contributed by atoms with van der Waals surface area (Å²) >= 11 is 7.82. The van der Waals surface area contributed by atoms with Crippen molar-refractivity contribution in [1.82, 2.24) is 4.90 Å². The molecule has 1 aliphatic heterocycles. The molecule has 0 aromatic heterocycles. The third-order valence-corrected chi connectivity index (χ3v) is 7.09. The summed E-state index contributed by atoms with van der Waals surface area (Å²) in [4.78, 5) is 17.8. The van der Waals surface area contributed by atoms with Crippen LogP contribution in [0.2, 0.25) is 5.02 Å². The van der Waals surface area contributed by atoms with Gasteiger partial charge in [-0.2, -0.15) is 0 Å². The minimum absolute atomic E-state index is 0.0326. The molecule has 186 valence electrons. The fourth-order valence-electron chi connectivity index (χ4n) is 4.10. The van der Waals surface area contributed by atoms with Gasteiger partial charge in [0.2, 0.25) is 5.91 Å². The van der Waals surface area contributed by atoms with Crippen LogP contribution in [-0.2, 0) is 9.53 Å². The molecule has 0 saturated carbocycles. The van der Waals surface area contributed by atoms with E-state index in [4.69, 9.17) is 25.8 Å². The van der Waals surface area contributed by atoms with Crippen molar-refractivity contribution in [1.29, 1.82) is 0 Å². The van der Waals surface area contributed by atoms with E-state index >= 15 is 0 Å². The van der Waals surface area contributed by atoms with E-state index in [2.05, 4.69) is 18.7 Å². The van der Waals surface area contributed by atoms with E-state index in [0.29, 0.717) is 17.5 Å². The van der Waals surface area contributed by atoms with Crippen LogP contribution in [-0.4, -0.2) is 57.9 Å². The number of halogens is 1. The fourth-order valence-corrected chi connectivity index (χ4v) is 5.74. The summed E-state index contributed by atoms with van der Waals surface area (Å²) in [6, 6.07) is 11.4. The number of carbonyl (C=O) groups is 1. The van der Waals surface area contributed by atoms with Gasteiger partial charge >= 0.3 is 0 Å². The van der Waals surface area contributed by atoms with Gasteiger partial charge in [0.05, 0.1) is 26.0 Å². The molecule has 2 aromatic rings. The highest BCUT2D eigenvalue weighted by Crippen LogP contribution is 2.54. The Hall–Kier alpha value is -1.93. The Balaban J connectivity index is 1.76. The van der Waals surface area contributed by atoms with Crippen molar-refractivity contribution in [3.63, 3.8) is 0 Å². The van der Waals surface area contributed by atoms with Gasteiger partial charge in [0, 0.05) is 49.1 Å². The lowest BCUT2D eigenvalue weighted by Crippen LogP contribution is -2.32. The maximum absolute atomic E-state index is 12.6. The van der Waals surface area contributed by atoms with Crippen LogP contribution in [0.15, 0.2) is 41.3 Å². The Labute approximate surface area is 212 Å². The Morgan fingerprint density at radius 3 is 2.62 bits per heavy atom. The molecule has 8 heteroatoms. The number of benzene rings is 2. The zero-order valence-electron chi connectivity index (χ0n) is 20.7. The summed E-state index contributed by atoms with van der Waals surface area (Å²) < 4.78 is 17.0. The van der Waals surface area contributed by atoms with Crippen LogP contribution in [0.1, 0.15) is 38.1 Å². The fraction of sp³-hybridized carbons (Fsp3) is 0.500. The molecule has 0 N–H and O–H groups in total. The predicted molar refractivity (Wildman–Crippen MR) is 139 cm³/mol. The minimum atomic E-state index is -0.254. The first-order chi connectivity index (χ1) is 16.3. The first kappa shape index (κ1) is 26.7. The van der Waals surface area contributed by atoms with Gasteiger partial charge in [0.25, 0.3) is 0 Å². The van der Waals surface area contributed by atoms with Gasteiger partial charge in [0.15, 0.2) is 0 Å². The van der Waals surface area contributed by atoms with Crippen molar-refractivity contribution in [2.45, 2.75) is 37.5 Å². The summed E-state index contributed by atoms with van der Waals surface area (Å²) in [5.74, 6) is 2.05.